The summed E-state index contributed by atoms with van der Waals surface area (Å²) in [6.45, 7) is 19.7. The molecule has 0 radical (unpaired) electrons. The molecule has 0 spiro atoms. The summed E-state index contributed by atoms with van der Waals surface area (Å²) in [5, 5.41) is 45.9. The molecule has 3 fully saturated rings. The van der Waals surface area contributed by atoms with Crippen LogP contribution in [0.5, 0.6) is 0 Å². The van der Waals surface area contributed by atoms with Crippen LogP contribution >= 0.6 is 15.9 Å². The van der Waals surface area contributed by atoms with Crippen LogP contribution in [0, 0.1) is 35.5 Å². The number of ketones is 1. The van der Waals surface area contributed by atoms with E-state index in [-0.39, 0.29) is 49.0 Å². The fraction of sp³-hybridized carbons (Fsp3) is 0.717. The number of amides is 1. The summed E-state index contributed by atoms with van der Waals surface area (Å²) in [5.74, 6) is -6.23. The van der Waals surface area contributed by atoms with Crippen LogP contribution in [0.2, 0.25) is 0 Å². The summed E-state index contributed by atoms with van der Waals surface area (Å²) in [6.07, 6.45) is 6.15. The summed E-state index contributed by atoms with van der Waals surface area (Å²) in [4.78, 5) is 44.3. The van der Waals surface area contributed by atoms with Crippen molar-refractivity contribution in [2.45, 2.75) is 201 Å². The van der Waals surface area contributed by atoms with Crippen LogP contribution in [0.25, 0.3) is 0 Å². The zero-order chi connectivity index (χ0) is 48.6. The molecule has 0 aromatic heterocycles. The molecule has 1 aromatic rings. The van der Waals surface area contributed by atoms with Crippen molar-refractivity contribution in [2.75, 3.05) is 6.54 Å². The molecule has 4 aliphatic rings. The van der Waals surface area contributed by atoms with Crippen LogP contribution < -0.4 is 0 Å². The number of esters is 1. The molecule has 13 heteroatoms. The molecular weight excluding hydrogens is 906 g/mol. The van der Waals surface area contributed by atoms with Gasteiger partial charge in [0.2, 0.25) is 5.79 Å². The van der Waals surface area contributed by atoms with Gasteiger partial charge in [-0.2, -0.15) is 0 Å². The van der Waals surface area contributed by atoms with Gasteiger partial charge in [0.15, 0.2) is 6.29 Å². The Kier molecular flexibility index (Phi) is 19.9. The lowest BCUT2D eigenvalue weighted by Gasteiger charge is -2.45. The number of nitrogens with zero attached hydrogens (tertiary/aromatic N) is 1. The fourth-order valence-electron chi connectivity index (χ4n) is 10.3. The average molecular weight is 987 g/mol. The number of aliphatic hydroxyl groups is 4. The Labute approximate surface area is 402 Å². The van der Waals surface area contributed by atoms with Crippen molar-refractivity contribution in [3.63, 3.8) is 0 Å². The van der Waals surface area contributed by atoms with Gasteiger partial charge < -0.3 is 44.3 Å². The second kappa shape index (κ2) is 24.2. The number of benzene rings is 1. The van der Waals surface area contributed by atoms with Crippen molar-refractivity contribution in [3.05, 3.63) is 69.2 Å². The van der Waals surface area contributed by atoms with Crippen molar-refractivity contribution < 1.29 is 53.8 Å². The first kappa shape index (κ1) is 54.2. The molecule has 4 N–H and O–H groups in total. The first-order valence-electron chi connectivity index (χ1n) is 24.7. The number of hydrogen-bond acceptors (Lipinski definition) is 11. The van der Waals surface area contributed by atoms with E-state index in [1.54, 1.807) is 13.8 Å². The number of rotatable bonds is 5. The third-order valence-electron chi connectivity index (χ3n) is 15.1. The quantitative estimate of drug-likeness (QED) is 0.126. The predicted molar refractivity (Wildman–Crippen MR) is 258 cm³/mol. The summed E-state index contributed by atoms with van der Waals surface area (Å²) in [5.41, 5.74) is 3.51. The highest BCUT2D eigenvalue weighted by molar-refractivity contribution is 9.10. The Balaban J connectivity index is 1.51. The molecule has 16 unspecified atom stereocenters. The number of aliphatic hydroxyl groups excluding tert-OH is 3. The molecule has 0 aliphatic carbocycles. The monoisotopic (exact) mass is 985 g/mol. The SMILES string of the molecule is CC/C1=C\CC(/C(C)=C/C(C)C(C)O)OC(=O)C2CCCCN2C(=O)C(=O)C2(O)OC(CCC2C)CC2OC(c3ccc(Br)cc3)OC(CC(O)CC(C)/C(C)=C/C(C)CC(C)C1O)C2C. The highest BCUT2D eigenvalue weighted by Crippen LogP contribution is 2.42. The Morgan fingerprint density at radius 1 is 0.939 bits per heavy atom. The highest BCUT2D eigenvalue weighted by Gasteiger charge is 2.53. The van der Waals surface area contributed by atoms with Crippen LogP contribution in [0.1, 0.15) is 152 Å². The van der Waals surface area contributed by atoms with E-state index in [9.17, 15) is 34.8 Å². The predicted octanol–water partition coefficient (Wildman–Crippen LogP) is 9.07. The van der Waals surface area contributed by atoms with E-state index in [1.165, 1.54) is 4.90 Å². The largest absolute Gasteiger partial charge is 0.456 e. The number of fused-ring (bicyclic) bond motifs is 5. The van der Waals surface area contributed by atoms with Gasteiger partial charge in [0.05, 0.1) is 36.6 Å². The third-order valence-corrected chi connectivity index (χ3v) is 15.6. The highest BCUT2D eigenvalue weighted by atomic mass is 79.9. The third kappa shape index (κ3) is 13.7. The summed E-state index contributed by atoms with van der Waals surface area (Å²) in [6, 6.07) is 6.63. The van der Waals surface area contributed by atoms with E-state index in [1.807, 2.05) is 71.0 Å². The number of carbonyl (C=O) groups excluding carboxylic acids is 3. The Morgan fingerprint density at radius 3 is 2.26 bits per heavy atom. The molecule has 1 aromatic carbocycles. The van der Waals surface area contributed by atoms with Gasteiger partial charge in [0.1, 0.15) is 12.1 Å². The standard InChI is InChI=1S/C53H80BrNO11/c1-11-39-18-22-45(34(6)26-33(5)38(10)56)63-51(61)44-14-12-13-23-55(44)50(60)49(59)53(62)36(8)15-21-43(66-53)29-47-37(9)46(64-52(65-47)40-16-19-41(54)20-17-40)28-42(57)27-32(4)31(3)24-30(2)25-35(7)48(39)58/h16-20,24,26,30,32-33,35-38,42-48,52,56-58,62H,11-15,21-23,25,27-29H2,1-10H3/b31-24+,34-26+,39-18+. The first-order valence-corrected chi connectivity index (χ1v) is 25.5. The molecule has 0 saturated carbocycles. The van der Waals surface area contributed by atoms with Crippen molar-refractivity contribution in [3.8, 4) is 0 Å². The molecule has 12 nitrogen and oxygen atoms in total. The maximum atomic E-state index is 14.4. The maximum absolute atomic E-state index is 14.4. The fourth-order valence-corrected chi connectivity index (χ4v) is 10.5. The number of Topliss-reactive ketones (excluding diaryl/α,β-unsaturated/α-hetero) is 1. The van der Waals surface area contributed by atoms with Gasteiger partial charge in [0.25, 0.3) is 11.7 Å². The second-order valence-electron chi connectivity index (χ2n) is 20.5. The number of hydrogen-bond donors (Lipinski definition) is 4. The van der Waals surface area contributed by atoms with E-state index >= 15 is 0 Å². The molecule has 3 saturated heterocycles. The van der Waals surface area contributed by atoms with Crippen LogP contribution in [0.4, 0.5) is 0 Å². The summed E-state index contributed by atoms with van der Waals surface area (Å²) in [7, 11) is 0. The van der Waals surface area contributed by atoms with Gasteiger partial charge in [0, 0.05) is 53.6 Å². The van der Waals surface area contributed by atoms with Gasteiger partial charge in [-0.25, -0.2) is 4.79 Å². The zero-order valence-corrected chi connectivity index (χ0v) is 42.7. The van der Waals surface area contributed by atoms with Crippen LogP contribution in [-0.2, 0) is 33.3 Å². The topological polar surface area (TPSA) is 172 Å². The molecule has 4 heterocycles. The molecular formula is C53H80BrNO11. The van der Waals surface area contributed by atoms with Crippen molar-refractivity contribution in [2.24, 2.45) is 35.5 Å². The number of cyclic esters (lactones) is 1. The molecule has 66 heavy (non-hydrogen) atoms. The van der Waals surface area contributed by atoms with Gasteiger partial charge >= 0.3 is 5.97 Å². The van der Waals surface area contributed by atoms with E-state index in [2.05, 4.69) is 42.8 Å². The van der Waals surface area contributed by atoms with E-state index in [4.69, 9.17) is 18.9 Å². The van der Waals surface area contributed by atoms with Gasteiger partial charge in [-0.3, -0.25) is 9.59 Å². The average Bonchev–Trinajstić information content (AvgIpc) is 3.27. The van der Waals surface area contributed by atoms with Crippen LogP contribution in [0.15, 0.2) is 63.7 Å². The first-order chi connectivity index (χ1) is 31.1. The van der Waals surface area contributed by atoms with Gasteiger partial charge in [-0.05, 0) is 113 Å². The number of carbonyl (C=O) groups is 3. The smallest absolute Gasteiger partial charge is 0.329 e. The van der Waals surface area contributed by atoms with Gasteiger partial charge in [-0.15, -0.1) is 0 Å². The summed E-state index contributed by atoms with van der Waals surface area (Å²) >= 11 is 3.52. The van der Waals surface area contributed by atoms with Crippen molar-refractivity contribution in [1.29, 1.82) is 0 Å². The number of halogens is 1. The molecule has 16 atom stereocenters. The maximum Gasteiger partial charge on any atom is 0.329 e. The minimum absolute atomic E-state index is 0.0767. The van der Waals surface area contributed by atoms with E-state index < -0.39 is 84.4 Å². The van der Waals surface area contributed by atoms with Crippen molar-refractivity contribution >= 4 is 33.6 Å². The molecule has 370 valence electrons. The Bertz CT molecular complexity index is 1880. The minimum atomic E-state index is -2.44. The molecule has 4 bridgehead atoms. The van der Waals surface area contributed by atoms with Crippen LogP contribution in [0.3, 0.4) is 0 Å². The summed E-state index contributed by atoms with van der Waals surface area (Å²) < 4.78 is 26.8. The lowest BCUT2D eigenvalue weighted by atomic mass is 9.82. The minimum Gasteiger partial charge on any atom is -0.456 e. The van der Waals surface area contributed by atoms with E-state index in [0.717, 1.165) is 33.2 Å². The lowest BCUT2D eigenvalue weighted by Crippen LogP contribution is -2.61. The molecule has 5 rings (SSSR count). The van der Waals surface area contributed by atoms with Crippen molar-refractivity contribution in [1.82, 2.24) is 4.90 Å². The Hall–Kier alpha value is -2.75. The number of piperidine rings is 1. The van der Waals surface area contributed by atoms with Gasteiger partial charge in [-0.1, -0.05) is 100 Å². The molecule has 4 aliphatic heterocycles. The number of ether oxygens (including phenoxy) is 4. The van der Waals surface area contributed by atoms with Crippen LogP contribution in [-0.4, -0.2) is 104 Å². The second-order valence-corrected chi connectivity index (χ2v) is 21.4. The number of allylic oxidation sites excluding steroid dienone is 2. The normalized spacial score (nSPS) is 39.3. The Morgan fingerprint density at radius 2 is 1.61 bits per heavy atom. The van der Waals surface area contributed by atoms with E-state index in [0.29, 0.717) is 51.4 Å². The lowest BCUT2D eigenvalue weighted by molar-refractivity contribution is -0.296. The molecule has 1 amide bonds. The zero-order valence-electron chi connectivity index (χ0n) is 41.2.